The number of aromatic amines is 2. The van der Waals surface area contributed by atoms with Gasteiger partial charge >= 0.3 is 0 Å². The highest BCUT2D eigenvalue weighted by Crippen LogP contribution is 2.24. The molecule has 4 aromatic rings. The third-order valence-corrected chi connectivity index (χ3v) is 4.64. The number of aromatic nitrogens is 3. The number of aliphatic hydroxyl groups is 1. The van der Waals surface area contributed by atoms with Crippen LogP contribution in [0.5, 0.6) is 0 Å². The Morgan fingerprint density at radius 2 is 1.72 bits per heavy atom. The lowest BCUT2D eigenvalue weighted by Gasteiger charge is -2.07. The fourth-order valence-corrected chi connectivity index (χ4v) is 3.08. The third kappa shape index (κ3) is 5.94. The molecule has 1 atom stereocenters. The van der Waals surface area contributed by atoms with Gasteiger partial charge in [0, 0.05) is 35.5 Å². The molecule has 2 aromatic carbocycles. The topological polar surface area (TPSA) is 90.7 Å². The molecule has 0 fully saturated rings. The van der Waals surface area contributed by atoms with E-state index in [2.05, 4.69) is 34.0 Å². The van der Waals surface area contributed by atoms with Gasteiger partial charge in [0.15, 0.2) is 0 Å². The average molecular weight is 413 g/mol. The lowest BCUT2D eigenvalue weighted by atomic mass is 10.1. The summed E-state index contributed by atoms with van der Waals surface area (Å²) in [5.41, 5.74) is 10.7. The van der Waals surface area contributed by atoms with E-state index >= 15 is 0 Å². The number of benzene rings is 2. The van der Waals surface area contributed by atoms with Crippen molar-refractivity contribution in [3.63, 3.8) is 0 Å². The van der Waals surface area contributed by atoms with Crippen molar-refractivity contribution in [3.05, 3.63) is 78.4 Å². The minimum absolute atomic E-state index is 0. The number of aliphatic hydroxyl groups excluding tert-OH is 1. The minimum atomic E-state index is -0.160. The smallest absolute Gasteiger partial charge is 0.124 e. The second-order valence-corrected chi connectivity index (χ2v) is 6.78. The maximum Gasteiger partial charge on any atom is 0.124 e. The van der Waals surface area contributed by atoms with Crippen LogP contribution in [0.2, 0.25) is 0 Å². The van der Waals surface area contributed by atoms with Gasteiger partial charge in [-0.3, -0.25) is 0 Å². The van der Waals surface area contributed by atoms with Crippen molar-refractivity contribution in [2.24, 2.45) is 5.73 Å². The Balaban J connectivity index is 0.000000450. The molecule has 154 valence electrons. The highest BCUT2D eigenvalue weighted by molar-refractivity contribution is 5.85. The summed E-state index contributed by atoms with van der Waals surface area (Å²) in [5, 5.41) is 9.29. The minimum Gasteiger partial charge on any atom is -0.396 e. The molecular formula is C23H29ClN4O. The monoisotopic (exact) mass is 412 g/mol. The number of fused-ring (bicyclic) bond motifs is 1. The summed E-state index contributed by atoms with van der Waals surface area (Å²) in [5.74, 6) is 0.814. The van der Waals surface area contributed by atoms with Crippen molar-refractivity contribution < 1.29 is 5.11 Å². The van der Waals surface area contributed by atoms with E-state index in [0.29, 0.717) is 6.61 Å². The van der Waals surface area contributed by atoms with Gasteiger partial charge in [-0.15, -0.1) is 12.4 Å². The quantitative estimate of drug-likeness (QED) is 0.359. The molecule has 0 bridgehead atoms. The van der Waals surface area contributed by atoms with Gasteiger partial charge in [-0.25, -0.2) is 4.98 Å². The van der Waals surface area contributed by atoms with Crippen molar-refractivity contribution in [1.82, 2.24) is 15.0 Å². The number of nitrogens with two attached hydrogens (primary N) is 1. The van der Waals surface area contributed by atoms with Crippen LogP contribution in [-0.4, -0.2) is 26.7 Å². The first-order valence-corrected chi connectivity index (χ1v) is 9.75. The molecule has 0 radical (unpaired) electrons. The molecule has 29 heavy (non-hydrogen) atoms. The summed E-state index contributed by atoms with van der Waals surface area (Å²) >= 11 is 0. The predicted octanol–water partition coefficient (Wildman–Crippen LogP) is 5.00. The van der Waals surface area contributed by atoms with Crippen LogP contribution in [0.4, 0.5) is 0 Å². The molecule has 5 nitrogen and oxygen atoms in total. The molecule has 0 unspecified atom stereocenters. The van der Waals surface area contributed by atoms with E-state index in [1.165, 1.54) is 10.9 Å². The molecule has 4 rings (SSSR count). The number of halogens is 1. The Morgan fingerprint density at radius 3 is 2.41 bits per heavy atom. The predicted molar refractivity (Wildman–Crippen MR) is 122 cm³/mol. The van der Waals surface area contributed by atoms with Gasteiger partial charge in [0.25, 0.3) is 0 Å². The van der Waals surface area contributed by atoms with Crippen molar-refractivity contribution >= 4 is 23.3 Å². The number of nitrogens with zero attached hydrogens (tertiary/aromatic N) is 1. The molecule has 0 amide bonds. The van der Waals surface area contributed by atoms with Gasteiger partial charge in [0.2, 0.25) is 0 Å². The van der Waals surface area contributed by atoms with E-state index in [-0.39, 0.29) is 18.4 Å². The Kier molecular flexibility index (Phi) is 8.93. The molecule has 6 heteroatoms. The van der Waals surface area contributed by atoms with Crippen LogP contribution in [-0.2, 0) is 6.42 Å². The molecule has 2 heterocycles. The normalized spacial score (nSPS) is 11.4. The average Bonchev–Trinajstić information content (AvgIpc) is 3.38. The van der Waals surface area contributed by atoms with Gasteiger partial charge < -0.3 is 20.8 Å². The van der Waals surface area contributed by atoms with Crippen LogP contribution < -0.4 is 5.73 Å². The van der Waals surface area contributed by atoms with E-state index < -0.39 is 0 Å². The number of hydrogen-bond acceptors (Lipinski definition) is 3. The lowest BCUT2D eigenvalue weighted by Crippen LogP contribution is -2.14. The highest BCUT2D eigenvalue weighted by Gasteiger charge is 2.14. The van der Waals surface area contributed by atoms with Crippen molar-refractivity contribution in [1.29, 1.82) is 0 Å². The second kappa shape index (κ2) is 11.4. The van der Waals surface area contributed by atoms with Gasteiger partial charge in [-0.2, -0.15) is 0 Å². The number of hydrogen-bond donors (Lipinski definition) is 4. The lowest BCUT2D eigenvalue weighted by molar-refractivity contribution is 0.287. The molecular weight excluding hydrogens is 384 g/mol. The Morgan fingerprint density at radius 1 is 1.00 bits per heavy atom. The van der Waals surface area contributed by atoms with E-state index in [4.69, 9.17) is 10.8 Å². The fourth-order valence-electron chi connectivity index (χ4n) is 3.08. The first kappa shape index (κ1) is 22.7. The Bertz CT molecular complexity index is 979. The van der Waals surface area contributed by atoms with Crippen LogP contribution in [0, 0.1) is 0 Å². The second-order valence-electron chi connectivity index (χ2n) is 6.78. The number of para-hydroxylation sites is 1. The molecule has 0 spiro atoms. The van der Waals surface area contributed by atoms with Crippen molar-refractivity contribution in [2.45, 2.75) is 32.2 Å². The van der Waals surface area contributed by atoms with Gasteiger partial charge in [-0.05, 0) is 24.5 Å². The van der Waals surface area contributed by atoms with Crippen LogP contribution in [0.25, 0.3) is 22.2 Å². The van der Waals surface area contributed by atoms with E-state index in [9.17, 15) is 0 Å². The first-order valence-electron chi connectivity index (χ1n) is 9.75. The van der Waals surface area contributed by atoms with Crippen LogP contribution in [0.15, 0.2) is 67.0 Å². The molecule has 0 aliphatic carbocycles. The third-order valence-electron chi connectivity index (χ3n) is 4.64. The molecule has 0 aliphatic rings. The van der Waals surface area contributed by atoms with E-state index in [1.807, 2.05) is 54.9 Å². The van der Waals surface area contributed by atoms with Crippen LogP contribution >= 0.6 is 12.4 Å². The zero-order valence-electron chi connectivity index (χ0n) is 16.6. The number of nitrogens with one attached hydrogen (secondary N) is 2. The van der Waals surface area contributed by atoms with E-state index in [1.54, 1.807) is 0 Å². The van der Waals surface area contributed by atoms with E-state index in [0.717, 1.165) is 41.9 Å². The number of H-pyrrole nitrogens is 2. The summed E-state index contributed by atoms with van der Waals surface area (Å²) in [6.07, 6.45) is 6.73. The van der Waals surface area contributed by atoms with Crippen molar-refractivity contribution in [2.75, 3.05) is 6.61 Å². The summed E-state index contributed by atoms with van der Waals surface area (Å²) in [7, 11) is 0. The van der Waals surface area contributed by atoms with Crippen LogP contribution in [0.3, 0.4) is 0 Å². The van der Waals surface area contributed by atoms with Gasteiger partial charge in [-0.1, -0.05) is 61.9 Å². The summed E-state index contributed by atoms with van der Waals surface area (Å²) in [6.45, 7) is 2.40. The standard InChI is InChI=1S/C19H18N4.C4H10O.ClH/c20-16(10-14-11-21-17-9-5-4-8-15(14)17)19-22-12-18(23-19)13-6-2-1-3-7-13;1-2-3-4-5;/h1-9,11-12,16,21H,10,20H2,(H,22,23);5H,2-4H2,1H3;1H/t16-;;/m1../s1. The number of unbranched alkanes of at least 4 members (excludes halogenated alkanes) is 1. The zero-order valence-corrected chi connectivity index (χ0v) is 17.5. The molecule has 5 N–H and O–H groups in total. The molecule has 0 saturated carbocycles. The zero-order chi connectivity index (χ0) is 19.8. The summed E-state index contributed by atoms with van der Waals surface area (Å²) < 4.78 is 0. The SMILES string of the molecule is CCCCO.Cl.N[C@H](Cc1c[nH]c2ccccc12)c1nc(-c2ccccc2)c[nH]1. The summed E-state index contributed by atoms with van der Waals surface area (Å²) in [6, 6.07) is 18.2. The van der Waals surface area contributed by atoms with Crippen LogP contribution in [0.1, 0.15) is 37.2 Å². The first-order chi connectivity index (χ1) is 13.7. The Hall–Kier alpha value is -2.60. The maximum absolute atomic E-state index is 8.07. The fraction of sp³-hybridized carbons (Fsp3) is 0.261. The van der Waals surface area contributed by atoms with Crippen molar-refractivity contribution in [3.8, 4) is 11.3 Å². The number of imidazole rings is 1. The molecule has 0 saturated heterocycles. The van der Waals surface area contributed by atoms with Gasteiger partial charge in [0.05, 0.1) is 11.7 Å². The summed E-state index contributed by atoms with van der Waals surface area (Å²) in [4.78, 5) is 11.2. The molecule has 0 aliphatic heterocycles. The van der Waals surface area contributed by atoms with Gasteiger partial charge in [0.1, 0.15) is 5.82 Å². The number of rotatable bonds is 6. The largest absolute Gasteiger partial charge is 0.396 e. The molecule has 2 aromatic heterocycles. The Labute approximate surface area is 177 Å². The highest BCUT2D eigenvalue weighted by atomic mass is 35.5. The maximum atomic E-state index is 8.07.